The van der Waals surface area contributed by atoms with Crippen LogP contribution in [0.2, 0.25) is 0 Å². The quantitative estimate of drug-likeness (QED) is 0.807. The minimum Gasteiger partial charge on any atom is -0.497 e. The lowest BCUT2D eigenvalue weighted by Crippen LogP contribution is -2.34. The molecule has 0 bridgehead atoms. The van der Waals surface area contributed by atoms with E-state index in [0.717, 1.165) is 36.4 Å². The molecule has 1 unspecified atom stereocenters. The highest BCUT2D eigenvalue weighted by Gasteiger charge is 2.30. The first-order chi connectivity index (χ1) is 12.2. The van der Waals surface area contributed by atoms with E-state index in [0.29, 0.717) is 5.75 Å². The summed E-state index contributed by atoms with van der Waals surface area (Å²) in [4.78, 5) is 14.5. The van der Waals surface area contributed by atoms with Gasteiger partial charge in [-0.05, 0) is 54.8 Å². The van der Waals surface area contributed by atoms with Crippen molar-refractivity contribution >= 4 is 5.91 Å². The molecule has 0 saturated carbocycles. The Morgan fingerprint density at radius 1 is 1.04 bits per heavy atom. The lowest BCUT2D eigenvalue weighted by atomic mass is 10.0. The maximum atomic E-state index is 12.6. The molecule has 1 fully saturated rings. The van der Waals surface area contributed by atoms with Gasteiger partial charge in [-0.1, -0.05) is 12.1 Å². The molecule has 1 saturated heterocycles. The van der Waals surface area contributed by atoms with Gasteiger partial charge in [0, 0.05) is 6.54 Å². The Hall–Kier alpha value is -2.69. The van der Waals surface area contributed by atoms with Gasteiger partial charge in [-0.3, -0.25) is 4.79 Å². The predicted octanol–water partition coefficient (Wildman–Crippen LogP) is 3.45. The van der Waals surface area contributed by atoms with Gasteiger partial charge in [0.05, 0.1) is 20.3 Å². The van der Waals surface area contributed by atoms with Crippen LogP contribution in [0.15, 0.2) is 48.5 Å². The predicted molar refractivity (Wildman–Crippen MR) is 95.2 cm³/mol. The van der Waals surface area contributed by atoms with Crippen LogP contribution in [0.4, 0.5) is 0 Å². The van der Waals surface area contributed by atoms with Crippen LogP contribution in [0.1, 0.15) is 24.4 Å². The molecule has 3 rings (SSSR count). The number of likely N-dealkylation sites (tertiary alicyclic amines) is 1. The third kappa shape index (κ3) is 4.05. The normalized spacial score (nSPS) is 16.6. The van der Waals surface area contributed by atoms with E-state index in [1.807, 2.05) is 41.3 Å². The molecule has 1 aliphatic rings. The number of carbonyl (C=O) groups is 1. The van der Waals surface area contributed by atoms with Crippen molar-refractivity contribution in [1.82, 2.24) is 4.90 Å². The van der Waals surface area contributed by atoms with Gasteiger partial charge < -0.3 is 19.1 Å². The highest BCUT2D eigenvalue weighted by molar-refractivity contribution is 5.78. The van der Waals surface area contributed by atoms with E-state index in [2.05, 4.69) is 0 Å². The summed E-state index contributed by atoms with van der Waals surface area (Å²) in [5.74, 6) is 2.23. The molecule has 132 valence electrons. The third-order valence-corrected chi connectivity index (χ3v) is 4.47. The molecule has 1 aliphatic heterocycles. The van der Waals surface area contributed by atoms with Gasteiger partial charge in [0.2, 0.25) is 0 Å². The summed E-state index contributed by atoms with van der Waals surface area (Å²) in [6.07, 6.45) is 1.96. The zero-order valence-electron chi connectivity index (χ0n) is 14.6. The summed E-state index contributed by atoms with van der Waals surface area (Å²) in [7, 11) is 3.27. The number of ether oxygens (including phenoxy) is 3. The smallest absolute Gasteiger partial charge is 0.261 e. The summed E-state index contributed by atoms with van der Waals surface area (Å²) in [6, 6.07) is 15.2. The molecule has 2 aromatic rings. The molecule has 0 radical (unpaired) electrons. The fourth-order valence-corrected chi connectivity index (χ4v) is 3.16. The van der Waals surface area contributed by atoms with Gasteiger partial charge in [0.15, 0.2) is 6.61 Å². The zero-order valence-corrected chi connectivity index (χ0v) is 14.6. The first kappa shape index (κ1) is 17.1. The van der Waals surface area contributed by atoms with Gasteiger partial charge in [-0.2, -0.15) is 0 Å². The molecular formula is C20H23NO4. The summed E-state index contributed by atoms with van der Waals surface area (Å²) >= 11 is 0. The van der Waals surface area contributed by atoms with E-state index >= 15 is 0 Å². The van der Waals surface area contributed by atoms with Gasteiger partial charge in [0.25, 0.3) is 5.91 Å². The largest absolute Gasteiger partial charge is 0.497 e. The number of benzene rings is 2. The minimum atomic E-state index is 0.00105. The Labute approximate surface area is 148 Å². The maximum absolute atomic E-state index is 12.6. The molecule has 5 heteroatoms. The number of hydrogen-bond acceptors (Lipinski definition) is 4. The monoisotopic (exact) mass is 341 g/mol. The van der Waals surface area contributed by atoms with E-state index in [4.69, 9.17) is 14.2 Å². The molecule has 0 N–H and O–H groups in total. The molecule has 1 atom stereocenters. The number of rotatable bonds is 6. The highest BCUT2D eigenvalue weighted by Crippen LogP contribution is 2.33. The first-order valence-corrected chi connectivity index (χ1v) is 8.41. The van der Waals surface area contributed by atoms with Crippen LogP contribution in [-0.2, 0) is 4.79 Å². The average molecular weight is 341 g/mol. The van der Waals surface area contributed by atoms with Gasteiger partial charge in [-0.15, -0.1) is 0 Å². The lowest BCUT2D eigenvalue weighted by molar-refractivity contribution is -0.134. The Morgan fingerprint density at radius 3 is 2.48 bits per heavy atom. The van der Waals surface area contributed by atoms with E-state index < -0.39 is 0 Å². The summed E-state index contributed by atoms with van der Waals surface area (Å²) in [5.41, 5.74) is 1.11. The van der Waals surface area contributed by atoms with Crippen LogP contribution in [0, 0.1) is 0 Å². The van der Waals surface area contributed by atoms with Crippen LogP contribution in [0.25, 0.3) is 0 Å². The van der Waals surface area contributed by atoms with Crippen LogP contribution in [0.5, 0.6) is 17.2 Å². The molecule has 1 heterocycles. The molecule has 2 aromatic carbocycles. The molecule has 5 nitrogen and oxygen atoms in total. The molecule has 0 spiro atoms. The highest BCUT2D eigenvalue weighted by atomic mass is 16.5. The Morgan fingerprint density at radius 2 is 1.76 bits per heavy atom. The second-order valence-electron chi connectivity index (χ2n) is 5.99. The Kier molecular flexibility index (Phi) is 5.43. The van der Waals surface area contributed by atoms with Crippen molar-refractivity contribution in [2.45, 2.75) is 18.9 Å². The van der Waals surface area contributed by atoms with Crippen molar-refractivity contribution in [1.29, 1.82) is 0 Å². The van der Waals surface area contributed by atoms with E-state index in [1.165, 1.54) is 0 Å². The maximum Gasteiger partial charge on any atom is 0.261 e. The summed E-state index contributed by atoms with van der Waals surface area (Å²) < 4.78 is 16.1. The molecule has 0 aliphatic carbocycles. The Balaban J connectivity index is 1.63. The second kappa shape index (κ2) is 7.92. The third-order valence-electron chi connectivity index (χ3n) is 4.47. The minimum absolute atomic E-state index is 0.00105. The van der Waals surface area contributed by atoms with Crippen molar-refractivity contribution in [3.8, 4) is 17.2 Å². The van der Waals surface area contributed by atoms with Gasteiger partial charge in [0.1, 0.15) is 17.2 Å². The SMILES string of the molecule is COc1ccc(OCC(=O)N2CCCC2c2cccc(OC)c2)cc1. The standard InChI is InChI=1S/C20H23NO4/c1-23-16-8-10-17(11-9-16)25-14-20(22)21-12-4-7-19(21)15-5-3-6-18(13-15)24-2/h3,5-6,8-11,13,19H,4,7,12,14H2,1-2H3. The van der Waals surface area contributed by atoms with Crippen LogP contribution in [-0.4, -0.2) is 38.2 Å². The van der Waals surface area contributed by atoms with Gasteiger partial charge >= 0.3 is 0 Å². The van der Waals surface area contributed by atoms with E-state index in [9.17, 15) is 4.79 Å². The number of methoxy groups -OCH3 is 2. The number of amides is 1. The number of carbonyl (C=O) groups excluding carboxylic acids is 1. The van der Waals surface area contributed by atoms with Crippen molar-refractivity contribution in [3.63, 3.8) is 0 Å². The fourth-order valence-electron chi connectivity index (χ4n) is 3.16. The molecular weight excluding hydrogens is 318 g/mol. The topological polar surface area (TPSA) is 48.0 Å². The summed E-state index contributed by atoms with van der Waals surface area (Å²) in [6.45, 7) is 0.791. The van der Waals surface area contributed by atoms with Gasteiger partial charge in [-0.25, -0.2) is 0 Å². The first-order valence-electron chi connectivity index (χ1n) is 8.41. The number of hydrogen-bond donors (Lipinski definition) is 0. The molecule has 1 amide bonds. The van der Waals surface area contributed by atoms with Crippen molar-refractivity contribution < 1.29 is 19.0 Å². The van der Waals surface area contributed by atoms with Crippen LogP contribution in [0.3, 0.4) is 0 Å². The second-order valence-corrected chi connectivity index (χ2v) is 5.99. The fraction of sp³-hybridized carbons (Fsp3) is 0.350. The van der Waals surface area contributed by atoms with Crippen LogP contribution < -0.4 is 14.2 Å². The van der Waals surface area contributed by atoms with Crippen molar-refractivity contribution in [3.05, 3.63) is 54.1 Å². The van der Waals surface area contributed by atoms with E-state index in [-0.39, 0.29) is 18.6 Å². The van der Waals surface area contributed by atoms with E-state index in [1.54, 1.807) is 26.4 Å². The number of nitrogens with zero attached hydrogens (tertiary/aromatic N) is 1. The average Bonchev–Trinajstić information content (AvgIpc) is 3.16. The molecule has 25 heavy (non-hydrogen) atoms. The van der Waals surface area contributed by atoms with Crippen molar-refractivity contribution in [2.75, 3.05) is 27.4 Å². The lowest BCUT2D eigenvalue weighted by Gasteiger charge is -2.25. The van der Waals surface area contributed by atoms with Crippen molar-refractivity contribution in [2.24, 2.45) is 0 Å². The summed E-state index contributed by atoms with van der Waals surface area (Å²) in [5, 5.41) is 0. The van der Waals surface area contributed by atoms with Crippen LogP contribution >= 0.6 is 0 Å². The molecule has 0 aromatic heterocycles. The Bertz CT molecular complexity index is 714. The zero-order chi connectivity index (χ0) is 17.6.